The highest BCUT2D eigenvalue weighted by atomic mass is 16.5. The fraction of sp³-hybridized carbons (Fsp3) is 0.400. The maximum atomic E-state index is 12.4. The third-order valence-corrected chi connectivity index (χ3v) is 6.58. The van der Waals surface area contributed by atoms with Crippen LogP contribution in [0.2, 0.25) is 0 Å². The molecule has 1 saturated carbocycles. The second-order valence-electron chi connectivity index (χ2n) is 8.57. The van der Waals surface area contributed by atoms with E-state index < -0.39 is 18.1 Å². The molecular weight excluding hydrogens is 408 g/mol. The van der Waals surface area contributed by atoms with Gasteiger partial charge in [-0.15, -0.1) is 0 Å². The monoisotopic (exact) mass is 436 g/mol. The van der Waals surface area contributed by atoms with Crippen molar-refractivity contribution in [2.24, 2.45) is 11.8 Å². The molecule has 0 aromatic heterocycles. The summed E-state index contributed by atoms with van der Waals surface area (Å²) in [5, 5.41) is 14.3. The van der Waals surface area contributed by atoms with Gasteiger partial charge in [0.05, 0.1) is 0 Å². The summed E-state index contributed by atoms with van der Waals surface area (Å²) in [5.41, 5.74) is 4.66. The Hall–Kier alpha value is -3.35. The van der Waals surface area contributed by atoms with Crippen molar-refractivity contribution in [1.29, 1.82) is 0 Å². The van der Waals surface area contributed by atoms with E-state index in [1.165, 1.54) is 18.1 Å². The first-order chi connectivity index (χ1) is 15.5. The van der Waals surface area contributed by atoms with E-state index in [0.717, 1.165) is 24.0 Å². The Balaban J connectivity index is 1.31. The van der Waals surface area contributed by atoms with Crippen molar-refractivity contribution in [2.75, 3.05) is 13.2 Å². The van der Waals surface area contributed by atoms with E-state index in [1.54, 1.807) is 0 Å². The SMILES string of the molecule is C[C@@H](NC(=O)[C@H]1CCC[C@H]1CNC(=O)OCC1c2ccccc2-c2ccccc21)C(=O)O. The topological polar surface area (TPSA) is 105 Å². The molecule has 2 aliphatic rings. The van der Waals surface area contributed by atoms with Crippen LogP contribution < -0.4 is 10.6 Å². The Kier molecular flexibility index (Phi) is 6.44. The summed E-state index contributed by atoms with van der Waals surface area (Å²) in [6.45, 7) is 2.01. The third-order valence-electron chi connectivity index (χ3n) is 6.58. The number of carboxylic acids is 1. The number of benzene rings is 2. The number of fused-ring (bicyclic) bond motifs is 3. The number of hydrogen-bond donors (Lipinski definition) is 3. The van der Waals surface area contributed by atoms with Gasteiger partial charge in [-0.2, -0.15) is 0 Å². The van der Waals surface area contributed by atoms with Crippen molar-refractivity contribution in [1.82, 2.24) is 10.6 Å². The van der Waals surface area contributed by atoms with Crippen LogP contribution in [0.15, 0.2) is 48.5 Å². The largest absolute Gasteiger partial charge is 0.480 e. The highest BCUT2D eigenvalue weighted by molar-refractivity contribution is 5.85. The van der Waals surface area contributed by atoms with Gasteiger partial charge >= 0.3 is 12.1 Å². The Bertz CT molecular complexity index is 975. The number of nitrogens with one attached hydrogen (secondary N) is 2. The van der Waals surface area contributed by atoms with Crippen molar-refractivity contribution < 1.29 is 24.2 Å². The van der Waals surface area contributed by atoms with E-state index in [-0.39, 0.29) is 30.3 Å². The Morgan fingerprint density at radius 3 is 2.28 bits per heavy atom. The zero-order valence-corrected chi connectivity index (χ0v) is 18.0. The van der Waals surface area contributed by atoms with E-state index in [1.807, 2.05) is 24.3 Å². The zero-order chi connectivity index (χ0) is 22.7. The number of carboxylic acid groups (broad SMARTS) is 1. The first-order valence-corrected chi connectivity index (χ1v) is 11.1. The van der Waals surface area contributed by atoms with Gasteiger partial charge in [0.2, 0.25) is 5.91 Å². The van der Waals surface area contributed by atoms with Crippen LogP contribution in [-0.4, -0.2) is 42.3 Å². The lowest BCUT2D eigenvalue weighted by molar-refractivity contribution is -0.142. The average molecular weight is 437 g/mol. The van der Waals surface area contributed by atoms with Crippen LogP contribution in [0.25, 0.3) is 11.1 Å². The number of aliphatic carboxylic acids is 1. The van der Waals surface area contributed by atoms with Gasteiger partial charge in [0.15, 0.2) is 0 Å². The fourth-order valence-corrected chi connectivity index (χ4v) is 4.87. The van der Waals surface area contributed by atoms with Crippen molar-refractivity contribution in [2.45, 2.75) is 38.1 Å². The van der Waals surface area contributed by atoms with Gasteiger partial charge in [-0.3, -0.25) is 9.59 Å². The molecule has 2 aromatic rings. The molecule has 0 spiro atoms. The Morgan fingerprint density at radius 1 is 1.03 bits per heavy atom. The summed E-state index contributed by atoms with van der Waals surface area (Å²) in [4.78, 5) is 35.8. The van der Waals surface area contributed by atoms with Crippen LogP contribution in [0.4, 0.5) is 4.79 Å². The molecule has 0 saturated heterocycles. The van der Waals surface area contributed by atoms with Crippen molar-refractivity contribution in [3.05, 3.63) is 59.7 Å². The number of amides is 2. The third kappa shape index (κ3) is 4.47. The molecule has 2 amide bonds. The minimum absolute atomic E-state index is 0.00402. The second kappa shape index (κ2) is 9.42. The van der Waals surface area contributed by atoms with Gasteiger partial charge in [-0.25, -0.2) is 4.79 Å². The normalized spacial score (nSPS) is 20.2. The first-order valence-electron chi connectivity index (χ1n) is 11.1. The number of rotatable bonds is 7. The van der Waals surface area contributed by atoms with Crippen LogP contribution in [0.5, 0.6) is 0 Å². The van der Waals surface area contributed by atoms with E-state index in [9.17, 15) is 14.4 Å². The van der Waals surface area contributed by atoms with E-state index in [4.69, 9.17) is 9.84 Å². The van der Waals surface area contributed by atoms with Crippen LogP contribution in [0.3, 0.4) is 0 Å². The molecule has 32 heavy (non-hydrogen) atoms. The standard InChI is InChI=1S/C25H28N2O5/c1-15(24(29)30)27-23(28)17-12-6-7-16(17)13-26-25(31)32-14-22-20-10-4-2-8-18(20)19-9-3-5-11-21(19)22/h2-5,8-11,15-17,22H,6-7,12-14H2,1H3,(H,26,31)(H,27,28)(H,29,30)/t15-,16+,17+/m1/s1. The molecule has 3 atom stereocenters. The van der Waals surface area contributed by atoms with Crippen molar-refractivity contribution >= 4 is 18.0 Å². The van der Waals surface area contributed by atoms with E-state index in [2.05, 4.69) is 34.9 Å². The van der Waals surface area contributed by atoms with Crippen LogP contribution >= 0.6 is 0 Å². The van der Waals surface area contributed by atoms with Gasteiger partial charge < -0.3 is 20.5 Å². The lowest BCUT2D eigenvalue weighted by Crippen LogP contribution is -2.44. The minimum Gasteiger partial charge on any atom is -0.480 e. The van der Waals surface area contributed by atoms with Gasteiger partial charge in [0.25, 0.3) is 0 Å². The van der Waals surface area contributed by atoms with Crippen molar-refractivity contribution in [3.8, 4) is 11.1 Å². The lowest BCUT2D eigenvalue weighted by atomic mass is 9.95. The predicted molar refractivity (Wildman–Crippen MR) is 119 cm³/mol. The van der Waals surface area contributed by atoms with E-state index in [0.29, 0.717) is 13.0 Å². The molecule has 0 heterocycles. The summed E-state index contributed by atoms with van der Waals surface area (Å²) in [5.74, 6) is -1.67. The summed E-state index contributed by atoms with van der Waals surface area (Å²) in [6, 6.07) is 15.4. The molecule has 0 unspecified atom stereocenters. The fourth-order valence-electron chi connectivity index (χ4n) is 4.87. The molecule has 168 valence electrons. The zero-order valence-electron chi connectivity index (χ0n) is 18.0. The first kappa shape index (κ1) is 21.9. The lowest BCUT2D eigenvalue weighted by Gasteiger charge is -2.21. The van der Waals surface area contributed by atoms with Gasteiger partial charge in [0, 0.05) is 18.4 Å². The number of carbonyl (C=O) groups excluding carboxylic acids is 2. The molecule has 7 heteroatoms. The number of hydrogen-bond acceptors (Lipinski definition) is 4. The Labute approximate surface area is 187 Å². The van der Waals surface area contributed by atoms with Crippen molar-refractivity contribution in [3.63, 3.8) is 0 Å². The number of alkyl carbamates (subject to hydrolysis) is 1. The van der Waals surface area contributed by atoms with Crippen LogP contribution in [0.1, 0.15) is 43.2 Å². The quantitative estimate of drug-likeness (QED) is 0.616. The number of carbonyl (C=O) groups is 3. The molecule has 7 nitrogen and oxygen atoms in total. The summed E-state index contributed by atoms with van der Waals surface area (Å²) in [6.07, 6.45) is 1.87. The smallest absolute Gasteiger partial charge is 0.407 e. The molecule has 2 aliphatic carbocycles. The predicted octanol–water partition coefficient (Wildman–Crippen LogP) is 3.53. The molecule has 2 aromatic carbocycles. The molecule has 0 bridgehead atoms. The maximum Gasteiger partial charge on any atom is 0.407 e. The number of ether oxygens (including phenoxy) is 1. The molecule has 0 aliphatic heterocycles. The summed E-state index contributed by atoms with van der Waals surface area (Å²) >= 11 is 0. The van der Waals surface area contributed by atoms with Gasteiger partial charge in [-0.1, -0.05) is 55.0 Å². The summed E-state index contributed by atoms with van der Waals surface area (Å²) < 4.78 is 5.56. The molecule has 1 fully saturated rings. The highest BCUT2D eigenvalue weighted by Crippen LogP contribution is 2.44. The second-order valence-corrected chi connectivity index (χ2v) is 8.57. The average Bonchev–Trinajstić information content (AvgIpc) is 3.39. The summed E-state index contributed by atoms with van der Waals surface area (Å²) in [7, 11) is 0. The molecule has 0 radical (unpaired) electrons. The maximum absolute atomic E-state index is 12.4. The molecule has 3 N–H and O–H groups in total. The van der Waals surface area contributed by atoms with Gasteiger partial charge in [0.1, 0.15) is 12.6 Å². The van der Waals surface area contributed by atoms with E-state index >= 15 is 0 Å². The van der Waals surface area contributed by atoms with Crippen LogP contribution in [-0.2, 0) is 14.3 Å². The highest BCUT2D eigenvalue weighted by Gasteiger charge is 2.34. The Morgan fingerprint density at radius 2 is 1.66 bits per heavy atom. The molecular formula is C25H28N2O5. The van der Waals surface area contributed by atoms with Crippen LogP contribution in [0, 0.1) is 11.8 Å². The minimum atomic E-state index is -1.07. The van der Waals surface area contributed by atoms with Gasteiger partial charge in [-0.05, 0) is 47.9 Å². The molecule has 4 rings (SSSR count).